The van der Waals surface area contributed by atoms with Gasteiger partial charge in [0.15, 0.2) is 5.78 Å². The Labute approximate surface area is 101 Å². The van der Waals surface area contributed by atoms with Crippen LogP contribution in [0.15, 0.2) is 30.0 Å². The molecule has 0 amide bonds. The first-order valence-electron chi connectivity index (χ1n) is 5.41. The monoisotopic (exact) mass is 224 g/mol. The number of hydrogen-bond donors (Lipinski definition) is 0. The standard InChI is InChI=1S/C12H6N2O.C2H6/c1-14-11(7-13)10-6-12(15)9-5-3-2-4-8(9)10;1-2/h2-5H,6H2;1-2H3/b11-10+;. The van der Waals surface area contributed by atoms with Crippen molar-refractivity contribution in [2.45, 2.75) is 20.3 Å². The van der Waals surface area contributed by atoms with E-state index in [0.717, 1.165) is 5.56 Å². The van der Waals surface area contributed by atoms with Gasteiger partial charge in [-0.15, -0.1) is 0 Å². The number of allylic oxidation sites excluding steroid dienone is 2. The molecule has 1 aliphatic rings. The summed E-state index contributed by atoms with van der Waals surface area (Å²) in [6.07, 6.45) is 0.171. The van der Waals surface area contributed by atoms with E-state index in [9.17, 15) is 4.79 Å². The third kappa shape index (κ3) is 2.24. The van der Waals surface area contributed by atoms with Gasteiger partial charge in [0.05, 0.1) is 12.6 Å². The molecule has 84 valence electrons. The third-order valence-electron chi connectivity index (χ3n) is 2.39. The third-order valence-corrected chi connectivity index (χ3v) is 2.39. The average molecular weight is 224 g/mol. The van der Waals surface area contributed by atoms with Crippen molar-refractivity contribution in [3.8, 4) is 6.07 Å². The molecule has 1 aromatic rings. The van der Waals surface area contributed by atoms with Gasteiger partial charge in [-0.25, -0.2) is 10.1 Å². The summed E-state index contributed by atoms with van der Waals surface area (Å²) >= 11 is 0. The summed E-state index contributed by atoms with van der Waals surface area (Å²) in [6, 6.07) is 8.91. The zero-order valence-corrected chi connectivity index (χ0v) is 9.82. The summed E-state index contributed by atoms with van der Waals surface area (Å²) in [7, 11) is 0. The van der Waals surface area contributed by atoms with Gasteiger partial charge >= 0.3 is 0 Å². The summed E-state index contributed by atoms with van der Waals surface area (Å²) in [5, 5.41) is 8.77. The van der Waals surface area contributed by atoms with Crippen molar-refractivity contribution in [1.29, 1.82) is 5.26 Å². The average Bonchev–Trinajstić information content (AvgIpc) is 2.72. The van der Waals surface area contributed by atoms with Crippen molar-refractivity contribution in [2.75, 3.05) is 0 Å². The molecule has 0 radical (unpaired) electrons. The highest BCUT2D eigenvalue weighted by Gasteiger charge is 2.25. The molecule has 3 heteroatoms. The SMILES string of the molecule is CC.[C-]#[N+]/C(C#N)=C1\CC(=O)c2ccccc21. The quantitative estimate of drug-likeness (QED) is 0.500. The minimum absolute atomic E-state index is 0.0167. The van der Waals surface area contributed by atoms with Gasteiger partial charge in [-0.3, -0.25) is 4.79 Å². The molecule has 0 fully saturated rings. The van der Waals surface area contributed by atoms with Gasteiger partial charge in [0.1, 0.15) is 0 Å². The topological polar surface area (TPSA) is 45.2 Å². The van der Waals surface area contributed by atoms with Crippen molar-refractivity contribution in [2.24, 2.45) is 0 Å². The van der Waals surface area contributed by atoms with Gasteiger partial charge in [-0.1, -0.05) is 38.1 Å². The Morgan fingerprint density at radius 3 is 2.47 bits per heavy atom. The highest BCUT2D eigenvalue weighted by Crippen LogP contribution is 2.34. The first-order valence-corrected chi connectivity index (χ1v) is 5.41. The lowest BCUT2D eigenvalue weighted by atomic mass is 10.1. The predicted molar refractivity (Wildman–Crippen MR) is 65.9 cm³/mol. The van der Waals surface area contributed by atoms with Crippen LogP contribution in [-0.4, -0.2) is 5.78 Å². The van der Waals surface area contributed by atoms with Crippen LogP contribution in [0, 0.1) is 17.9 Å². The summed E-state index contributed by atoms with van der Waals surface area (Å²) in [6.45, 7) is 10.9. The summed E-state index contributed by atoms with van der Waals surface area (Å²) < 4.78 is 0. The van der Waals surface area contributed by atoms with Crippen LogP contribution in [0.4, 0.5) is 0 Å². The van der Waals surface area contributed by atoms with Crippen molar-refractivity contribution in [1.82, 2.24) is 0 Å². The molecule has 0 unspecified atom stereocenters. The van der Waals surface area contributed by atoms with Crippen molar-refractivity contribution in [3.05, 3.63) is 52.5 Å². The Morgan fingerprint density at radius 2 is 1.94 bits per heavy atom. The molecule has 0 spiro atoms. The van der Waals surface area contributed by atoms with Crippen LogP contribution in [0.2, 0.25) is 0 Å². The smallest absolute Gasteiger partial charge is 0.266 e. The van der Waals surface area contributed by atoms with Crippen LogP contribution in [-0.2, 0) is 0 Å². The Morgan fingerprint density at radius 1 is 1.35 bits per heavy atom. The molecule has 1 aliphatic carbocycles. The van der Waals surface area contributed by atoms with Gasteiger partial charge in [-0.05, 0) is 11.1 Å². The molecule has 0 saturated heterocycles. The van der Waals surface area contributed by atoms with Gasteiger partial charge in [-0.2, -0.15) is 0 Å². The maximum atomic E-state index is 11.6. The van der Waals surface area contributed by atoms with Crippen LogP contribution >= 0.6 is 0 Å². The Hall–Kier alpha value is -2.39. The summed E-state index contributed by atoms with van der Waals surface area (Å²) in [4.78, 5) is 14.7. The highest BCUT2D eigenvalue weighted by molar-refractivity contribution is 6.12. The molecule has 2 rings (SSSR count). The van der Waals surface area contributed by atoms with Gasteiger partial charge < -0.3 is 0 Å². The lowest BCUT2D eigenvalue weighted by Crippen LogP contribution is -1.88. The molecule has 0 aliphatic heterocycles. The van der Waals surface area contributed by atoms with Gasteiger partial charge in [0.25, 0.3) is 5.70 Å². The molecular weight excluding hydrogens is 212 g/mol. The molecule has 1 aromatic carbocycles. The van der Waals surface area contributed by atoms with Crippen molar-refractivity contribution >= 4 is 11.4 Å². The molecule has 0 saturated carbocycles. The van der Waals surface area contributed by atoms with Crippen LogP contribution in [0.1, 0.15) is 36.2 Å². The number of rotatable bonds is 0. The molecular formula is C14H12N2O. The van der Waals surface area contributed by atoms with Gasteiger partial charge in [0.2, 0.25) is 0 Å². The van der Waals surface area contributed by atoms with E-state index in [-0.39, 0.29) is 17.9 Å². The second-order valence-corrected chi connectivity index (χ2v) is 3.20. The van der Waals surface area contributed by atoms with E-state index >= 15 is 0 Å². The molecule has 3 nitrogen and oxygen atoms in total. The lowest BCUT2D eigenvalue weighted by molar-refractivity contribution is 0.100. The van der Waals surface area contributed by atoms with E-state index in [1.54, 1.807) is 24.3 Å². The van der Waals surface area contributed by atoms with E-state index in [0.29, 0.717) is 11.1 Å². The highest BCUT2D eigenvalue weighted by atomic mass is 16.1. The number of carbonyl (C=O) groups is 1. The van der Waals surface area contributed by atoms with Crippen LogP contribution < -0.4 is 0 Å². The van der Waals surface area contributed by atoms with E-state index in [1.165, 1.54) is 0 Å². The van der Waals surface area contributed by atoms with E-state index < -0.39 is 0 Å². The Kier molecular flexibility index (Phi) is 4.20. The zero-order chi connectivity index (χ0) is 12.8. The van der Waals surface area contributed by atoms with Crippen LogP contribution in [0.5, 0.6) is 0 Å². The normalized spacial score (nSPS) is 14.9. The predicted octanol–water partition coefficient (Wildman–Crippen LogP) is 3.45. The van der Waals surface area contributed by atoms with Crippen molar-refractivity contribution in [3.63, 3.8) is 0 Å². The van der Waals surface area contributed by atoms with Gasteiger partial charge in [0, 0.05) is 12.0 Å². The first kappa shape index (κ1) is 12.7. The van der Waals surface area contributed by atoms with Crippen LogP contribution in [0.3, 0.4) is 0 Å². The maximum absolute atomic E-state index is 11.6. The molecule has 0 atom stereocenters. The largest absolute Gasteiger partial charge is 0.294 e. The molecule has 0 aromatic heterocycles. The number of benzene rings is 1. The number of Topliss-reactive ketones (excluding diaryl/α,β-unsaturated/α-hetero) is 1. The number of carbonyl (C=O) groups excluding carboxylic acids is 1. The molecule has 17 heavy (non-hydrogen) atoms. The minimum atomic E-state index is -0.0167. The summed E-state index contributed by atoms with van der Waals surface area (Å²) in [5.41, 5.74) is 1.93. The minimum Gasteiger partial charge on any atom is -0.294 e. The van der Waals surface area contributed by atoms with E-state index in [1.807, 2.05) is 19.9 Å². The molecule has 0 heterocycles. The molecule has 0 bridgehead atoms. The fraction of sp³-hybridized carbons (Fsp3) is 0.214. The number of nitrogens with zero attached hydrogens (tertiary/aromatic N) is 2. The maximum Gasteiger partial charge on any atom is 0.266 e. The number of fused-ring (bicyclic) bond motifs is 1. The Balaban J connectivity index is 0.000000686. The number of hydrogen-bond acceptors (Lipinski definition) is 2. The number of nitriles is 1. The van der Waals surface area contributed by atoms with Crippen molar-refractivity contribution < 1.29 is 4.79 Å². The second-order valence-electron chi connectivity index (χ2n) is 3.20. The second kappa shape index (κ2) is 5.63. The van der Waals surface area contributed by atoms with E-state index in [4.69, 9.17) is 11.8 Å². The lowest BCUT2D eigenvalue weighted by Gasteiger charge is -1.97. The first-order chi connectivity index (χ1) is 8.27. The summed E-state index contributed by atoms with van der Waals surface area (Å²) in [5.74, 6) is -0.0167. The van der Waals surface area contributed by atoms with E-state index in [2.05, 4.69) is 4.85 Å². The Bertz CT molecular complexity index is 540. The van der Waals surface area contributed by atoms with Crippen LogP contribution in [0.25, 0.3) is 10.4 Å². The number of ketones is 1. The fourth-order valence-corrected chi connectivity index (χ4v) is 1.71. The fourth-order valence-electron chi connectivity index (χ4n) is 1.71. The zero-order valence-electron chi connectivity index (χ0n) is 9.82. The molecule has 0 N–H and O–H groups in total.